The van der Waals surface area contributed by atoms with Crippen LogP contribution in [-0.2, 0) is 0 Å². The number of benzene rings is 1. The third kappa shape index (κ3) is 4.05. The standard InChI is InChI=1S/C14H17ClN2O/c1-10(2)13(7-8-15)17-14(18)12-5-3-11(9-16)4-6-12/h3-6,10,13H,7-8H2,1-2H3,(H,17,18). The summed E-state index contributed by atoms with van der Waals surface area (Å²) in [4.78, 5) is 12.0. The Bertz CT molecular complexity index is 434. The first-order chi connectivity index (χ1) is 8.58. The molecular weight excluding hydrogens is 248 g/mol. The van der Waals surface area contributed by atoms with E-state index in [1.165, 1.54) is 0 Å². The van der Waals surface area contributed by atoms with Gasteiger partial charge >= 0.3 is 0 Å². The molecule has 1 aromatic rings. The Morgan fingerprint density at radius 2 is 2.00 bits per heavy atom. The Balaban J connectivity index is 2.71. The topological polar surface area (TPSA) is 52.9 Å². The van der Waals surface area contributed by atoms with Crippen LogP contribution in [0.1, 0.15) is 36.2 Å². The summed E-state index contributed by atoms with van der Waals surface area (Å²) in [6, 6.07) is 8.69. The molecule has 1 rings (SSSR count). The van der Waals surface area contributed by atoms with Crippen LogP contribution in [0.5, 0.6) is 0 Å². The van der Waals surface area contributed by atoms with Gasteiger partial charge in [0.15, 0.2) is 0 Å². The van der Waals surface area contributed by atoms with Gasteiger partial charge in [-0.25, -0.2) is 0 Å². The molecule has 18 heavy (non-hydrogen) atoms. The first-order valence-electron chi connectivity index (χ1n) is 5.95. The van der Waals surface area contributed by atoms with E-state index < -0.39 is 0 Å². The van der Waals surface area contributed by atoms with E-state index in [0.29, 0.717) is 22.9 Å². The molecule has 0 bridgehead atoms. The molecule has 96 valence electrons. The number of alkyl halides is 1. The monoisotopic (exact) mass is 264 g/mol. The van der Waals surface area contributed by atoms with Crippen molar-refractivity contribution in [1.82, 2.24) is 5.32 Å². The first kappa shape index (κ1) is 14.5. The maximum Gasteiger partial charge on any atom is 0.251 e. The lowest BCUT2D eigenvalue weighted by molar-refractivity contribution is 0.0925. The van der Waals surface area contributed by atoms with Crippen molar-refractivity contribution in [2.24, 2.45) is 5.92 Å². The zero-order chi connectivity index (χ0) is 13.5. The summed E-state index contributed by atoms with van der Waals surface area (Å²) in [7, 11) is 0. The van der Waals surface area contributed by atoms with Crippen LogP contribution in [0.15, 0.2) is 24.3 Å². The Labute approximate surface area is 113 Å². The number of nitrogens with zero attached hydrogens (tertiary/aromatic N) is 1. The van der Waals surface area contributed by atoms with Crippen LogP contribution in [-0.4, -0.2) is 17.8 Å². The minimum absolute atomic E-state index is 0.0747. The molecule has 0 aliphatic heterocycles. The molecule has 0 spiro atoms. The van der Waals surface area contributed by atoms with Gasteiger partial charge in [-0.1, -0.05) is 13.8 Å². The minimum atomic E-state index is -0.122. The van der Waals surface area contributed by atoms with Crippen LogP contribution < -0.4 is 5.32 Å². The number of hydrogen-bond acceptors (Lipinski definition) is 2. The third-order valence-corrected chi connectivity index (χ3v) is 3.04. The molecule has 0 aliphatic carbocycles. The van der Waals surface area contributed by atoms with E-state index in [0.717, 1.165) is 6.42 Å². The van der Waals surface area contributed by atoms with E-state index in [2.05, 4.69) is 19.2 Å². The fourth-order valence-electron chi connectivity index (χ4n) is 1.64. The summed E-state index contributed by atoms with van der Waals surface area (Å²) in [5.74, 6) is 0.741. The normalized spacial score (nSPS) is 11.9. The second kappa shape index (κ2) is 7.03. The molecule has 1 atom stereocenters. The fraction of sp³-hybridized carbons (Fsp3) is 0.429. The van der Waals surface area contributed by atoms with Crippen LogP contribution in [0, 0.1) is 17.2 Å². The van der Waals surface area contributed by atoms with Gasteiger partial charge in [-0.3, -0.25) is 4.79 Å². The van der Waals surface area contributed by atoms with Gasteiger partial charge in [-0.2, -0.15) is 5.26 Å². The minimum Gasteiger partial charge on any atom is -0.349 e. The number of nitrogens with one attached hydrogen (secondary N) is 1. The van der Waals surface area contributed by atoms with E-state index in [1.54, 1.807) is 24.3 Å². The first-order valence-corrected chi connectivity index (χ1v) is 6.49. The highest BCUT2D eigenvalue weighted by molar-refractivity contribution is 6.17. The molecule has 0 fully saturated rings. The van der Waals surface area contributed by atoms with Crippen LogP contribution in [0.3, 0.4) is 0 Å². The van der Waals surface area contributed by atoms with Crippen molar-refractivity contribution in [1.29, 1.82) is 5.26 Å². The van der Waals surface area contributed by atoms with E-state index in [4.69, 9.17) is 16.9 Å². The van der Waals surface area contributed by atoms with Crippen LogP contribution in [0.4, 0.5) is 0 Å². The van der Waals surface area contributed by atoms with Crippen molar-refractivity contribution in [3.63, 3.8) is 0 Å². The van der Waals surface area contributed by atoms with Crippen LogP contribution in [0.2, 0.25) is 0 Å². The predicted molar refractivity (Wildman–Crippen MR) is 72.6 cm³/mol. The number of hydrogen-bond donors (Lipinski definition) is 1. The number of rotatable bonds is 5. The summed E-state index contributed by atoms with van der Waals surface area (Å²) in [6.07, 6.45) is 0.751. The Morgan fingerprint density at radius 3 is 2.44 bits per heavy atom. The van der Waals surface area contributed by atoms with Crippen molar-refractivity contribution >= 4 is 17.5 Å². The molecule has 0 radical (unpaired) electrons. The van der Waals surface area contributed by atoms with E-state index in [9.17, 15) is 4.79 Å². The number of halogens is 1. The van der Waals surface area contributed by atoms with Gasteiger partial charge in [0.25, 0.3) is 5.91 Å². The smallest absolute Gasteiger partial charge is 0.251 e. The van der Waals surface area contributed by atoms with E-state index in [1.807, 2.05) is 6.07 Å². The summed E-state index contributed by atoms with van der Waals surface area (Å²) < 4.78 is 0. The Morgan fingerprint density at radius 1 is 1.39 bits per heavy atom. The highest BCUT2D eigenvalue weighted by Gasteiger charge is 2.16. The second-order valence-corrected chi connectivity index (χ2v) is 4.87. The van der Waals surface area contributed by atoms with Crippen molar-refractivity contribution in [3.05, 3.63) is 35.4 Å². The Kier molecular flexibility index (Phi) is 5.67. The van der Waals surface area contributed by atoms with Gasteiger partial charge in [0, 0.05) is 17.5 Å². The lowest BCUT2D eigenvalue weighted by Gasteiger charge is -2.21. The summed E-state index contributed by atoms with van der Waals surface area (Å²) >= 11 is 5.72. The molecule has 3 nitrogen and oxygen atoms in total. The number of amides is 1. The lowest BCUT2D eigenvalue weighted by atomic mass is 10.0. The van der Waals surface area contributed by atoms with Gasteiger partial charge < -0.3 is 5.32 Å². The lowest BCUT2D eigenvalue weighted by Crippen LogP contribution is -2.38. The number of carbonyl (C=O) groups is 1. The zero-order valence-corrected chi connectivity index (χ0v) is 11.4. The van der Waals surface area contributed by atoms with Crippen LogP contribution >= 0.6 is 11.6 Å². The Hall–Kier alpha value is -1.53. The summed E-state index contributed by atoms with van der Waals surface area (Å²) in [5.41, 5.74) is 1.11. The number of carbonyl (C=O) groups excluding carboxylic acids is 1. The summed E-state index contributed by atoms with van der Waals surface area (Å²) in [6.45, 7) is 4.10. The van der Waals surface area contributed by atoms with Crippen molar-refractivity contribution in [3.8, 4) is 6.07 Å². The highest BCUT2D eigenvalue weighted by Crippen LogP contribution is 2.09. The van der Waals surface area contributed by atoms with E-state index in [-0.39, 0.29) is 11.9 Å². The van der Waals surface area contributed by atoms with Gasteiger partial charge in [0.1, 0.15) is 0 Å². The maximum atomic E-state index is 12.0. The maximum absolute atomic E-state index is 12.0. The molecule has 1 unspecified atom stereocenters. The van der Waals surface area contributed by atoms with Crippen LogP contribution in [0.25, 0.3) is 0 Å². The number of nitriles is 1. The van der Waals surface area contributed by atoms with Crippen molar-refractivity contribution in [2.45, 2.75) is 26.3 Å². The van der Waals surface area contributed by atoms with Gasteiger partial charge in [0.05, 0.1) is 11.6 Å². The van der Waals surface area contributed by atoms with E-state index >= 15 is 0 Å². The molecule has 1 amide bonds. The molecule has 1 N–H and O–H groups in total. The molecule has 0 saturated carbocycles. The zero-order valence-electron chi connectivity index (χ0n) is 10.6. The highest BCUT2D eigenvalue weighted by atomic mass is 35.5. The average molecular weight is 265 g/mol. The van der Waals surface area contributed by atoms with Gasteiger partial charge in [0.2, 0.25) is 0 Å². The molecule has 1 aromatic carbocycles. The molecule has 0 aliphatic rings. The predicted octanol–water partition coefficient (Wildman–Crippen LogP) is 2.94. The molecular formula is C14H17ClN2O. The van der Waals surface area contributed by atoms with Gasteiger partial charge in [-0.05, 0) is 36.6 Å². The van der Waals surface area contributed by atoms with Crippen molar-refractivity contribution < 1.29 is 4.79 Å². The SMILES string of the molecule is CC(C)C(CCCl)NC(=O)c1ccc(C#N)cc1. The largest absolute Gasteiger partial charge is 0.349 e. The fourth-order valence-corrected chi connectivity index (χ4v) is 1.87. The quantitative estimate of drug-likeness (QED) is 0.832. The molecule has 0 heterocycles. The second-order valence-electron chi connectivity index (χ2n) is 4.49. The molecule has 4 heteroatoms. The van der Waals surface area contributed by atoms with Crippen molar-refractivity contribution in [2.75, 3.05) is 5.88 Å². The summed E-state index contributed by atoms with van der Waals surface area (Å²) in [5, 5.41) is 11.7. The third-order valence-electron chi connectivity index (χ3n) is 2.82. The van der Waals surface area contributed by atoms with Gasteiger partial charge in [-0.15, -0.1) is 11.6 Å². The molecule has 0 aromatic heterocycles. The average Bonchev–Trinajstić information content (AvgIpc) is 2.38. The molecule has 0 saturated heterocycles.